The topological polar surface area (TPSA) is 9.23 Å². The van der Waals surface area contributed by atoms with E-state index in [-0.39, 0.29) is 0 Å². The second-order valence-corrected chi connectivity index (χ2v) is 5.32. The molecule has 0 unspecified atom stereocenters. The van der Waals surface area contributed by atoms with Crippen molar-refractivity contribution >= 4 is 21.5 Å². The Morgan fingerprint density at radius 2 is 1.50 bits per heavy atom. The van der Waals surface area contributed by atoms with Gasteiger partial charge in [-0.05, 0) is 39.4 Å². The number of hydrogen-bond donors (Lipinski definition) is 0. The molecule has 0 fully saturated rings. The van der Waals surface area contributed by atoms with E-state index in [1.54, 1.807) is 7.11 Å². The first-order valence-corrected chi connectivity index (χ1v) is 7.34. The summed E-state index contributed by atoms with van der Waals surface area (Å²) in [6, 6.07) is 28.6. The maximum Gasteiger partial charge on any atom is 0.127 e. The number of fused-ring (bicyclic) bond motifs is 2. The van der Waals surface area contributed by atoms with Crippen molar-refractivity contribution in [2.24, 2.45) is 0 Å². The first-order valence-electron chi connectivity index (χ1n) is 7.34. The molecule has 0 heterocycles. The zero-order valence-corrected chi connectivity index (χ0v) is 12.3. The van der Waals surface area contributed by atoms with Gasteiger partial charge >= 0.3 is 0 Å². The molecule has 4 rings (SSSR count). The second-order valence-electron chi connectivity index (χ2n) is 5.32. The molecule has 105 valence electrons. The van der Waals surface area contributed by atoms with Crippen LogP contribution in [-0.2, 0) is 0 Å². The van der Waals surface area contributed by atoms with Gasteiger partial charge in [-0.1, -0.05) is 66.7 Å². The SMILES string of the molecule is COc1cc(-c2cccc3ccccc23)[c]c2ccccc12. The Morgan fingerprint density at radius 3 is 2.36 bits per heavy atom. The van der Waals surface area contributed by atoms with Crippen molar-refractivity contribution in [3.8, 4) is 16.9 Å². The largest absolute Gasteiger partial charge is 0.496 e. The van der Waals surface area contributed by atoms with Crippen LogP contribution in [0.25, 0.3) is 32.7 Å². The van der Waals surface area contributed by atoms with Crippen molar-refractivity contribution in [2.75, 3.05) is 7.11 Å². The van der Waals surface area contributed by atoms with Crippen molar-refractivity contribution in [2.45, 2.75) is 0 Å². The van der Waals surface area contributed by atoms with Gasteiger partial charge in [0.1, 0.15) is 5.75 Å². The summed E-state index contributed by atoms with van der Waals surface area (Å²) in [6.45, 7) is 0. The van der Waals surface area contributed by atoms with Crippen LogP contribution in [0.1, 0.15) is 0 Å². The highest BCUT2D eigenvalue weighted by atomic mass is 16.5. The summed E-state index contributed by atoms with van der Waals surface area (Å²) in [5, 5.41) is 4.64. The summed E-state index contributed by atoms with van der Waals surface area (Å²) < 4.78 is 5.58. The fourth-order valence-electron chi connectivity index (χ4n) is 2.97. The van der Waals surface area contributed by atoms with E-state index in [2.05, 4.69) is 66.7 Å². The van der Waals surface area contributed by atoms with Crippen molar-refractivity contribution in [1.29, 1.82) is 0 Å². The lowest BCUT2D eigenvalue weighted by molar-refractivity contribution is 0.420. The third-order valence-corrected chi connectivity index (χ3v) is 4.04. The Labute approximate surface area is 129 Å². The second kappa shape index (κ2) is 5.19. The maximum atomic E-state index is 5.58. The fourth-order valence-corrected chi connectivity index (χ4v) is 2.97. The lowest BCUT2D eigenvalue weighted by Gasteiger charge is -2.11. The minimum Gasteiger partial charge on any atom is -0.496 e. The van der Waals surface area contributed by atoms with Crippen molar-refractivity contribution < 1.29 is 4.74 Å². The van der Waals surface area contributed by atoms with Gasteiger partial charge in [-0.25, -0.2) is 0 Å². The molecule has 0 N–H and O–H groups in total. The molecule has 0 saturated heterocycles. The lowest BCUT2D eigenvalue weighted by Crippen LogP contribution is -1.88. The zero-order valence-electron chi connectivity index (χ0n) is 12.3. The number of benzene rings is 4. The van der Waals surface area contributed by atoms with Gasteiger partial charge in [-0.2, -0.15) is 0 Å². The van der Waals surface area contributed by atoms with Crippen LogP contribution in [0.4, 0.5) is 0 Å². The molecular formula is C21H15O. The maximum absolute atomic E-state index is 5.58. The summed E-state index contributed by atoms with van der Waals surface area (Å²) in [5.74, 6) is 0.886. The van der Waals surface area contributed by atoms with Crippen LogP contribution in [0.2, 0.25) is 0 Å². The Kier molecular flexibility index (Phi) is 3.05. The van der Waals surface area contributed by atoms with Crippen molar-refractivity contribution in [3.63, 3.8) is 0 Å². The number of ether oxygens (including phenoxy) is 1. The van der Waals surface area contributed by atoms with Crippen LogP contribution in [-0.4, -0.2) is 7.11 Å². The molecule has 1 heteroatoms. The van der Waals surface area contributed by atoms with E-state index in [0.29, 0.717) is 0 Å². The van der Waals surface area contributed by atoms with Crippen LogP contribution in [0, 0.1) is 6.07 Å². The molecule has 0 aliphatic rings. The highest BCUT2D eigenvalue weighted by molar-refractivity contribution is 6.00. The molecule has 4 aromatic rings. The molecule has 0 aromatic heterocycles. The molecule has 0 atom stereocenters. The van der Waals surface area contributed by atoms with E-state index in [4.69, 9.17) is 4.74 Å². The van der Waals surface area contributed by atoms with Gasteiger partial charge in [0.25, 0.3) is 0 Å². The third kappa shape index (κ3) is 2.03. The standard InChI is InChI=1S/C21H15O/c1-22-21-14-17(13-16-8-3-5-11-20(16)21)19-12-6-9-15-7-2-4-10-18(15)19/h2-12,14H,1H3. The predicted molar refractivity (Wildman–Crippen MR) is 92.3 cm³/mol. The van der Waals surface area contributed by atoms with Gasteiger partial charge in [0, 0.05) is 5.39 Å². The summed E-state index contributed by atoms with van der Waals surface area (Å²) in [6.07, 6.45) is 0. The Balaban J connectivity index is 2.04. The zero-order chi connectivity index (χ0) is 14.9. The Morgan fingerprint density at radius 1 is 0.773 bits per heavy atom. The molecule has 0 amide bonds. The molecule has 1 nitrogen and oxygen atoms in total. The molecule has 0 aliphatic heterocycles. The predicted octanol–water partition coefficient (Wildman–Crippen LogP) is 5.47. The van der Waals surface area contributed by atoms with Gasteiger partial charge in [0.15, 0.2) is 0 Å². The molecule has 1 radical (unpaired) electrons. The first-order chi connectivity index (χ1) is 10.9. The van der Waals surface area contributed by atoms with E-state index >= 15 is 0 Å². The molecule has 4 aromatic carbocycles. The van der Waals surface area contributed by atoms with Crippen LogP contribution >= 0.6 is 0 Å². The molecular weight excluding hydrogens is 268 g/mol. The molecule has 0 spiro atoms. The quantitative estimate of drug-likeness (QED) is 0.474. The first kappa shape index (κ1) is 12.9. The van der Waals surface area contributed by atoms with Gasteiger partial charge < -0.3 is 4.74 Å². The average molecular weight is 283 g/mol. The van der Waals surface area contributed by atoms with Gasteiger partial charge in [0.05, 0.1) is 7.11 Å². The molecule has 22 heavy (non-hydrogen) atoms. The van der Waals surface area contributed by atoms with Gasteiger partial charge in [0.2, 0.25) is 0 Å². The third-order valence-electron chi connectivity index (χ3n) is 4.04. The number of methoxy groups -OCH3 is 1. The normalized spacial score (nSPS) is 11.0. The monoisotopic (exact) mass is 283 g/mol. The minimum absolute atomic E-state index is 0.886. The fraction of sp³-hybridized carbons (Fsp3) is 0.0476. The van der Waals surface area contributed by atoms with Gasteiger partial charge in [-0.3, -0.25) is 0 Å². The van der Waals surface area contributed by atoms with E-state index < -0.39 is 0 Å². The van der Waals surface area contributed by atoms with E-state index in [0.717, 1.165) is 22.1 Å². The summed E-state index contributed by atoms with van der Waals surface area (Å²) in [4.78, 5) is 0. The molecule has 0 bridgehead atoms. The lowest BCUT2D eigenvalue weighted by atomic mass is 9.96. The molecule has 0 aliphatic carbocycles. The van der Waals surface area contributed by atoms with Crippen molar-refractivity contribution in [3.05, 3.63) is 78.9 Å². The van der Waals surface area contributed by atoms with E-state index in [1.165, 1.54) is 16.3 Å². The van der Waals surface area contributed by atoms with E-state index in [9.17, 15) is 0 Å². The Bertz CT molecular complexity index is 964. The highest BCUT2D eigenvalue weighted by Gasteiger charge is 2.08. The number of hydrogen-bond acceptors (Lipinski definition) is 1. The molecule has 0 saturated carbocycles. The highest BCUT2D eigenvalue weighted by Crippen LogP contribution is 2.35. The van der Waals surface area contributed by atoms with Crippen LogP contribution < -0.4 is 4.74 Å². The smallest absolute Gasteiger partial charge is 0.127 e. The van der Waals surface area contributed by atoms with Crippen molar-refractivity contribution in [1.82, 2.24) is 0 Å². The average Bonchev–Trinajstić information content (AvgIpc) is 2.60. The van der Waals surface area contributed by atoms with E-state index in [1.807, 2.05) is 12.1 Å². The van der Waals surface area contributed by atoms with Gasteiger partial charge in [-0.15, -0.1) is 0 Å². The summed E-state index contributed by atoms with van der Waals surface area (Å²) in [5.41, 5.74) is 2.24. The minimum atomic E-state index is 0.886. The summed E-state index contributed by atoms with van der Waals surface area (Å²) in [7, 11) is 1.72. The van der Waals surface area contributed by atoms with Crippen LogP contribution in [0.3, 0.4) is 0 Å². The number of rotatable bonds is 2. The van der Waals surface area contributed by atoms with Crippen LogP contribution in [0.5, 0.6) is 5.75 Å². The van der Waals surface area contributed by atoms with Crippen LogP contribution in [0.15, 0.2) is 72.8 Å². The Hall–Kier alpha value is -2.80. The summed E-state index contributed by atoms with van der Waals surface area (Å²) >= 11 is 0.